The van der Waals surface area contributed by atoms with E-state index in [0.717, 1.165) is 22.4 Å². The number of rotatable bonds is 2. The third-order valence-corrected chi connectivity index (χ3v) is 2.83. The van der Waals surface area contributed by atoms with Crippen LogP contribution in [0, 0.1) is 13.8 Å². The Hall–Kier alpha value is -2.56. The molecule has 0 aliphatic carbocycles. The summed E-state index contributed by atoms with van der Waals surface area (Å²) in [6.07, 6.45) is 3.17. The molecule has 2 aromatic heterocycles. The minimum absolute atomic E-state index is 0.439. The van der Waals surface area contributed by atoms with E-state index in [0.29, 0.717) is 11.8 Å². The Morgan fingerprint density at radius 3 is 2.68 bits per heavy atom. The van der Waals surface area contributed by atoms with Crippen molar-refractivity contribution in [3.05, 3.63) is 48.0 Å². The van der Waals surface area contributed by atoms with Gasteiger partial charge in [0.2, 0.25) is 5.89 Å². The van der Waals surface area contributed by atoms with Crippen LogP contribution in [0.2, 0.25) is 0 Å². The van der Waals surface area contributed by atoms with Gasteiger partial charge >= 0.3 is 0 Å². The normalized spacial score (nSPS) is 10.6. The van der Waals surface area contributed by atoms with Gasteiger partial charge in [0.05, 0.1) is 11.3 Å². The summed E-state index contributed by atoms with van der Waals surface area (Å²) in [5.74, 6) is 0.941. The number of benzene rings is 1. The van der Waals surface area contributed by atoms with Crippen LogP contribution in [0.15, 0.2) is 41.2 Å². The number of aromatic nitrogens is 4. The van der Waals surface area contributed by atoms with Gasteiger partial charge in [-0.15, -0.1) is 10.2 Å². The van der Waals surface area contributed by atoms with E-state index >= 15 is 0 Å². The van der Waals surface area contributed by atoms with Crippen molar-refractivity contribution < 1.29 is 4.42 Å². The molecular weight excluding hydrogens is 240 g/mol. The zero-order valence-electron chi connectivity index (χ0n) is 10.7. The van der Waals surface area contributed by atoms with Crippen LogP contribution in [0.4, 0.5) is 0 Å². The molecule has 0 saturated heterocycles. The summed E-state index contributed by atoms with van der Waals surface area (Å²) < 4.78 is 5.69. The van der Waals surface area contributed by atoms with Crippen LogP contribution in [-0.2, 0) is 0 Å². The summed E-state index contributed by atoms with van der Waals surface area (Å²) >= 11 is 0. The lowest BCUT2D eigenvalue weighted by atomic mass is 10.1. The van der Waals surface area contributed by atoms with Crippen molar-refractivity contribution >= 4 is 0 Å². The SMILES string of the molecule is Cc1cccc(-c2nnc(-c3cncnc3C)o2)c1. The van der Waals surface area contributed by atoms with Gasteiger partial charge in [-0.25, -0.2) is 9.97 Å². The van der Waals surface area contributed by atoms with Crippen molar-refractivity contribution in [1.82, 2.24) is 20.2 Å². The first-order valence-corrected chi connectivity index (χ1v) is 5.91. The summed E-state index contributed by atoms with van der Waals surface area (Å²) in [6, 6.07) is 7.94. The largest absolute Gasteiger partial charge is 0.416 e. The van der Waals surface area contributed by atoms with E-state index in [9.17, 15) is 0 Å². The molecule has 0 unspecified atom stereocenters. The monoisotopic (exact) mass is 252 g/mol. The van der Waals surface area contributed by atoms with Gasteiger partial charge in [-0.05, 0) is 26.0 Å². The van der Waals surface area contributed by atoms with E-state index in [1.807, 2.05) is 38.1 Å². The van der Waals surface area contributed by atoms with Crippen molar-refractivity contribution in [2.45, 2.75) is 13.8 Å². The van der Waals surface area contributed by atoms with Crippen molar-refractivity contribution in [2.24, 2.45) is 0 Å². The molecule has 0 aliphatic rings. The van der Waals surface area contributed by atoms with Gasteiger partial charge in [0.15, 0.2) is 0 Å². The third-order valence-electron chi connectivity index (χ3n) is 2.83. The molecule has 0 saturated carbocycles. The molecule has 1 aromatic carbocycles. The van der Waals surface area contributed by atoms with Gasteiger partial charge in [0, 0.05) is 11.8 Å². The van der Waals surface area contributed by atoms with E-state index in [1.54, 1.807) is 6.20 Å². The zero-order valence-corrected chi connectivity index (χ0v) is 10.7. The van der Waals surface area contributed by atoms with E-state index in [-0.39, 0.29) is 0 Å². The van der Waals surface area contributed by atoms with E-state index in [1.165, 1.54) is 6.33 Å². The fourth-order valence-corrected chi connectivity index (χ4v) is 1.83. The maximum atomic E-state index is 5.69. The van der Waals surface area contributed by atoms with Crippen LogP contribution in [0.1, 0.15) is 11.3 Å². The van der Waals surface area contributed by atoms with Gasteiger partial charge < -0.3 is 4.42 Å². The molecule has 0 spiro atoms. The third kappa shape index (κ3) is 2.22. The molecule has 19 heavy (non-hydrogen) atoms. The highest BCUT2D eigenvalue weighted by Crippen LogP contribution is 2.24. The Balaban J connectivity index is 2.03. The maximum absolute atomic E-state index is 5.69. The first-order chi connectivity index (χ1) is 9.24. The number of hydrogen-bond acceptors (Lipinski definition) is 5. The number of nitrogens with zero attached hydrogens (tertiary/aromatic N) is 4. The topological polar surface area (TPSA) is 64.7 Å². The minimum atomic E-state index is 0.439. The zero-order chi connectivity index (χ0) is 13.2. The Morgan fingerprint density at radius 2 is 1.89 bits per heavy atom. The van der Waals surface area contributed by atoms with Crippen molar-refractivity contribution in [2.75, 3.05) is 0 Å². The highest BCUT2D eigenvalue weighted by atomic mass is 16.4. The molecule has 0 aliphatic heterocycles. The van der Waals surface area contributed by atoms with E-state index in [4.69, 9.17) is 4.42 Å². The highest BCUT2D eigenvalue weighted by molar-refractivity contribution is 5.59. The predicted octanol–water partition coefficient (Wildman–Crippen LogP) is 2.81. The van der Waals surface area contributed by atoms with Crippen molar-refractivity contribution in [3.63, 3.8) is 0 Å². The van der Waals surface area contributed by atoms with Crippen LogP contribution in [0.25, 0.3) is 22.9 Å². The Kier molecular flexibility index (Phi) is 2.79. The fourth-order valence-electron chi connectivity index (χ4n) is 1.83. The van der Waals surface area contributed by atoms with Crippen LogP contribution < -0.4 is 0 Å². The predicted molar refractivity (Wildman–Crippen MR) is 70.2 cm³/mol. The fraction of sp³-hybridized carbons (Fsp3) is 0.143. The highest BCUT2D eigenvalue weighted by Gasteiger charge is 2.12. The van der Waals surface area contributed by atoms with Crippen molar-refractivity contribution in [3.8, 4) is 22.9 Å². The molecule has 0 amide bonds. The van der Waals surface area contributed by atoms with Gasteiger partial charge in [0.1, 0.15) is 6.33 Å². The molecule has 3 rings (SSSR count). The van der Waals surface area contributed by atoms with E-state index in [2.05, 4.69) is 20.2 Å². The first kappa shape index (κ1) is 11.5. The summed E-state index contributed by atoms with van der Waals surface area (Å²) in [5.41, 5.74) is 3.63. The quantitative estimate of drug-likeness (QED) is 0.701. The van der Waals surface area contributed by atoms with Crippen LogP contribution >= 0.6 is 0 Å². The lowest BCUT2D eigenvalue weighted by molar-refractivity contribution is 0.583. The van der Waals surface area contributed by atoms with Crippen LogP contribution in [-0.4, -0.2) is 20.2 Å². The van der Waals surface area contributed by atoms with Gasteiger partial charge in [-0.2, -0.15) is 0 Å². The van der Waals surface area contributed by atoms with Crippen LogP contribution in [0.5, 0.6) is 0 Å². The summed E-state index contributed by atoms with van der Waals surface area (Å²) in [6.45, 7) is 3.91. The molecule has 0 fully saturated rings. The second kappa shape index (κ2) is 4.61. The van der Waals surface area contributed by atoms with Gasteiger partial charge in [-0.1, -0.05) is 17.7 Å². The molecular formula is C14H12N4O. The molecule has 2 heterocycles. The maximum Gasteiger partial charge on any atom is 0.251 e. The van der Waals surface area contributed by atoms with Crippen LogP contribution in [0.3, 0.4) is 0 Å². The standard InChI is InChI=1S/C14H12N4O/c1-9-4-3-5-11(6-9)13-17-18-14(19-13)12-7-15-8-16-10(12)2/h3-8H,1-2H3. The minimum Gasteiger partial charge on any atom is -0.416 e. The second-order valence-electron chi connectivity index (χ2n) is 4.30. The summed E-state index contributed by atoms with van der Waals surface area (Å²) in [7, 11) is 0. The first-order valence-electron chi connectivity index (χ1n) is 5.91. The molecule has 94 valence electrons. The second-order valence-corrected chi connectivity index (χ2v) is 4.30. The number of aryl methyl sites for hydroxylation is 2. The number of hydrogen-bond donors (Lipinski definition) is 0. The van der Waals surface area contributed by atoms with Crippen molar-refractivity contribution in [1.29, 1.82) is 0 Å². The van der Waals surface area contributed by atoms with Gasteiger partial charge in [0.25, 0.3) is 5.89 Å². The van der Waals surface area contributed by atoms with Gasteiger partial charge in [-0.3, -0.25) is 0 Å². The smallest absolute Gasteiger partial charge is 0.251 e. The molecule has 3 aromatic rings. The lowest BCUT2D eigenvalue weighted by Gasteiger charge is -1.98. The Morgan fingerprint density at radius 1 is 1.05 bits per heavy atom. The van der Waals surface area contributed by atoms with E-state index < -0.39 is 0 Å². The summed E-state index contributed by atoms with van der Waals surface area (Å²) in [4.78, 5) is 8.09. The molecule has 0 atom stereocenters. The summed E-state index contributed by atoms with van der Waals surface area (Å²) in [5, 5.41) is 8.13. The Labute approximate surface area is 110 Å². The molecule has 0 N–H and O–H groups in total. The average Bonchev–Trinajstić information content (AvgIpc) is 2.89. The average molecular weight is 252 g/mol. The Bertz CT molecular complexity index is 721. The molecule has 5 nitrogen and oxygen atoms in total. The molecule has 0 bridgehead atoms. The molecule has 5 heteroatoms. The molecule has 0 radical (unpaired) electrons. The lowest BCUT2D eigenvalue weighted by Crippen LogP contribution is -1.88.